The predicted molar refractivity (Wildman–Crippen MR) is 42.5 cm³/mol. The standard InChI is InChI=1S/C7H9NOS/c1-10-9-6-7-3-2-4-8-5-7/h2-5H,6H2,1H3. The van der Waals surface area contributed by atoms with Gasteiger partial charge in [0.1, 0.15) is 0 Å². The Balaban J connectivity index is 2.43. The van der Waals surface area contributed by atoms with E-state index in [-0.39, 0.29) is 0 Å². The summed E-state index contributed by atoms with van der Waals surface area (Å²) in [5.74, 6) is 0. The SMILES string of the molecule is CSOCc1cccnc1. The molecule has 0 aliphatic heterocycles. The van der Waals surface area contributed by atoms with Gasteiger partial charge in [0.15, 0.2) is 0 Å². The number of hydrogen-bond donors (Lipinski definition) is 0. The van der Waals surface area contributed by atoms with Gasteiger partial charge in [-0.3, -0.25) is 4.98 Å². The smallest absolute Gasteiger partial charge is 0.0879 e. The van der Waals surface area contributed by atoms with Crippen LogP contribution >= 0.6 is 12.0 Å². The third-order valence-electron chi connectivity index (χ3n) is 1.07. The topological polar surface area (TPSA) is 22.1 Å². The lowest BCUT2D eigenvalue weighted by Crippen LogP contribution is -1.84. The third kappa shape index (κ3) is 2.37. The third-order valence-corrected chi connectivity index (χ3v) is 1.42. The van der Waals surface area contributed by atoms with Crippen molar-refractivity contribution in [1.29, 1.82) is 0 Å². The van der Waals surface area contributed by atoms with E-state index in [0.29, 0.717) is 6.61 Å². The van der Waals surface area contributed by atoms with Crippen molar-refractivity contribution in [3.05, 3.63) is 30.1 Å². The quantitative estimate of drug-likeness (QED) is 0.622. The summed E-state index contributed by atoms with van der Waals surface area (Å²) in [5.41, 5.74) is 1.11. The van der Waals surface area contributed by atoms with E-state index >= 15 is 0 Å². The molecule has 0 bridgehead atoms. The van der Waals surface area contributed by atoms with Crippen LogP contribution in [0.4, 0.5) is 0 Å². The number of aromatic nitrogens is 1. The molecule has 0 unspecified atom stereocenters. The second-order valence-corrected chi connectivity index (χ2v) is 2.36. The number of hydrogen-bond acceptors (Lipinski definition) is 3. The van der Waals surface area contributed by atoms with Crippen molar-refractivity contribution in [2.24, 2.45) is 0 Å². The van der Waals surface area contributed by atoms with Crippen LogP contribution in [-0.2, 0) is 10.8 Å². The zero-order valence-electron chi connectivity index (χ0n) is 5.78. The van der Waals surface area contributed by atoms with Gasteiger partial charge in [-0.15, -0.1) is 0 Å². The van der Waals surface area contributed by atoms with E-state index in [9.17, 15) is 0 Å². The first-order valence-electron chi connectivity index (χ1n) is 2.98. The van der Waals surface area contributed by atoms with Crippen LogP contribution in [-0.4, -0.2) is 11.2 Å². The minimum atomic E-state index is 0.634. The highest BCUT2D eigenvalue weighted by Crippen LogP contribution is 2.03. The highest BCUT2D eigenvalue weighted by atomic mass is 32.2. The van der Waals surface area contributed by atoms with Gasteiger partial charge in [0.25, 0.3) is 0 Å². The Morgan fingerprint density at radius 1 is 1.70 bits per heavy atom. The Hall–Kier alpha value is -0.540. The first-order valence-corrected chi connectivity index (χ1v) is 4.13. The van der Waals surface area contributed by atoms with Crippen LogP contribution in [0.5, 0.6) is 0 Å². The average molecular weight is 155 g/mol. The lowest BCUT2D eigenvalue weighted by Gasteiger charge is -1.96. The molecule has 2 nitrogen and oxygen atoms in total. The maximum atomic E-state index is 5.10. The molecule has 0 saturated heterocycles. The first-order chi connectivity index (χ1) is 4.93. The van der Waals surface area contributed by atoms with Gasteiger partial charge in [-0.2, -0.15) is 0 Å². The van der Waals surface area contributed by atoms with Gasteiger partial charge in [0, 0.05) is 18.6 Å². The fourth-order valence-corrected chi connectivity index (χ4v) is 0.864. The van der Waals surface area contributed by atoms with Crippen LogP contribution in [0.2, 0.25) is 0 Å². The molecule has 0 fully saturated rings. The summed E-state index contributed by atoms with van der Waals surface area (Å²) >= 11 is 1.37. The summed E-state index contributed by atoms with van der Waals surface area (Å²) in [6.45, 7) is 0.634. The minimum Gasteiger partial charge on any atom is -0.311 e. The van der Waals surface area contributed by atoms with Crippen molar-refractivity contribution >= 4 is 12.0 Å². The Morgan fingerprint density at radius 2 is 2.60 bits per heavy atom. The van der Waals surface area contributed by atoms with E-state index in [1.807, 2.05) is 18.4 Å². The van der Waals surface area contributed by atoms with Gasteiger partial charge in [0.05, 0.1) is 6.61 Å². The number of pyridine rings is 1. The van der Waals surface area contributed by atoms with Crippen molar-refractivity contribution in [3.63, 3.8) is 0 Å². The molecule has 0 amide bonds. The van der Waals surface area contributed by atoms with E-state index in [4.69, 9.17) is 4.18 Å². The van der Waals surface area contributed by atoms with E-state index in [0.717, 1.165) is 5.56 Å². The molecule has 54 valence electrons. The summed E-state index contributed by atoms with van der Waals surface area (Å²) in [5, 5.41) is 0. The zero-order chi connectivity index (χ0) is 7.23. The van der Waals surface area contributed by atoms with Gasteiger partial charge in [0.2, 0.25) is 0 Å². The first kappa shape index (κ1) is 7.57. The molecule has 0 atom stereocenters. The van der Waals surface area contributed by atoms with Gasteiger partial charge in [-0.05, 0) is 23.7 Å². The Bertz CT molecular complexity index is 178. The molecule has 1 heterocycles. The Labute approximate surface area is 64.8 Å². The molecule has 0 saturated carbocycles. The molecule has 10 heavy (non-hydrogen) atoms. The molecule has 0 aliphatic carbocycles. The van der Waals surface area contributed by atoms with Crippen LogP contribution < -0.4 is 0 Å². The van der Waals surface area contributed by atoms with Crippen LogP contribution in [0.25, 0.3) is 0 Å². The fourth-order valence-electron chi connectivity index (χ4n) is 0.610. The van der Waals surface area contributed by atoms with Crippen molar-refractivity contribution in [2.75, 3.05) is 6.26 Å². The Kier molecular flexibility index (Phi) is 3.26. The zero-order valence-corrected chi connectivity index (χ0v) is 6.60. The second kappa shape index (κ2) is 4.30. The summed E-state index contributed by atoms with van der Waals surface area (Å²) in [4.78, 5) is 3.95. The molecule has 0 aliphatic rings. The number of nitrogens with zero attached hydrogens (tertiary/aromatic N) is 1. The maximum absolute atomic E-state index is 5.10. The molecule has 3 heteroatoms. The molecule has 1 aromatic rings. The van der Waals surface area contributed by atoms with Crippen LogP contribution in [0.1, 0.15) is 5.56 Å². The molecule has 1 rings (SSSR count). The lowest BCUT2D eigenvalue weighted by atomic mass is 10.3. The summed E-state index contributed by atoms with van der Waals surface area (Å²) in [6, 6.07) is 3.89. The van der Waals surface area contributed by atoms with Crippen LogP contribution in [0.3, 0.4) is 0 Å². The lowest BCUT2D eigenvalue weighted by molar-refractivity contribution is 0.365. The van der Waals surface area contributed by atoms with Crippen LogP contribution in [0, 0.1) is 0 Å². The second-order valence-electron chi connectivity index (χ2n) is 1.79. The van der Waals surface area contributed by atoms with E-state index in [2.05, 4.69) is 4.98 Å². The summed E-state index contributed by atoms with van der Waals surface area (Å²) in [7, 11) is 0. The molecule has 1 aromatic heterocycles. The monoisotopic (exact) mass is 155 g/mol. The molecule has 0 radical (unpaired) electrons. The summed E-state index contributed by atoms with van der Waals surface area (Å²) < 4.78 is 5.10. The molecular weight excluding hydrogens is 146 g/mol. The molecule has 0 spiro atoms. The van der Waals surface area contributed by atoms with Crippen molar-refractivity contribution in [2.45, 2.75) is 6.61 Å². The average Bonchev–Trinajstić information content (AvgIpc) is 2.03. The fraction of sp³-hybridized carbons (Fsp3) is 0.286. The van der Waals surface area contributed by atoms with Gasteiger partial charge >= 0.3 is 0 Å². The normalized spacial score (nSPS) is 9.70. The molecule has 0 N–H and O–H groups in total. The van der Waals surface area contributed by atoms with Gasteiger partial charge in [-0.1, -0.05) is 6.07 Å². The minimum absolute atomic E-state index is 0.634. The summed E-state index contributed by atoms with van der Waals surface area (Å²) in [6.07, 6.45) is 5.45. The van der Waals surface area contributed by atoms with Gasteiger partial charge < -0.3 is 4.18 Å². The Morgan fingerprint density at radius 3 is 3.20 bits per heavy atom. The molecular formula is C7H9NOS. The highest BCUT2D eigenvalue weighted by molar-refractivity contribution is 7.93. The highest BCUT2D eigenvalue weighted by Gasteiger charge is 1.88. The van der Waals surface area contributed by atoms with E-state index in [1.54, 1.807) is 12.4 Å². The van der Waals surface area contributed by atoms with Crippen molar-refractivity contribution in [3.8, 4) is 0 Å². The largest absolute Gasteiger partial charge is 0.311 e. The molecule has 0 aromatic carbocycles. The van der Waals surface area contributed by atoms with Crippen LogP contribution in [0.15, 0.2) is 24.5 Å². The predicted octanol–water partition coefficient (Wildman–Crippen LogP) is 1.88. The number of rotatable bonds is 3. The van der Waals surface area contributed by atoms with Crippen molar-refractivity contribution < 1.29 is 4.18 Å². The maximum Gasteiger partial charge on any atom is 0.0879 e. The van der Waals surface area contributed by atoms with Crippen molar-refractivity contribution in [1.82, 2.24) is 4.98 Å². The van der Waals surface area contributed by atoms with E-state index in [1.165, 1.54) is 12.0 Å². The van der Waals surface area contributed by atoms with Gasteiger partial charge in [-0.25, -0.2) is 0 Å². The van der Waals surface area contributed by atoms with E-state index < -0.39 is 0 Å².